The van der Waals surface area contributed by atoms with Crippen LogP contribution in [-0.4, -0.2) is 18.2 Å². The summed E-state index contributed by atoms with van der Waals surface area (Å²) in [5, 5.41) is 5.29. The summed E-state index contributed by atoms with van der Waals surface area (Å²) >= 11 is 5.66. The summed E-state index contributed by atoms with van der Waals surface area (Å²) in [6.45, 7) is 1.33. The second-order valence-electron chi connectivity index (χ2n) is 4.64. The summed E-state index contributed by atoms with van der Waals surface area (Å²) in [7, 11) is 0. The van der Waals surface area contributed by atoms with Gasteiger partial charge in [0.15, 0.2) is 11.6 Å². The van der Waals surface area contributed by atoms with Gasteiger partial charge in [0.25, 0.3) is 0 Å². The number of benzene rings is 2. The van der Waals surface area contributed by atoms with Crippen LogP contribution in [0.2, 0.25) is 5.02 Å². The Bertz CT molecular complexity index is 719. The van der Waals surface area contributed by atoms with Crippen molar-refractivity contribution in [2.24, 2.45) is 0 Å². The first kappa shape index (κ1) is 16.0. The molecule has 0 heterocycles. The third-order valence-corrected chi connectivity index (χ3v) is 3.24. The first-order valence-electron chi connectivity index (χ1n) is 6.56. The first-order valence-corrected chi connectivity index (χ1v) is 6.94. The van der Waals surface area contributed by atoms with Crippen molar-refractivity contribution in [3.63, 3.8) is 0 Å². The maximum atomic E-state index is 13.7. The zero-order valence-corrected chi connectivity index (χ0v) is 12.6. The SMILES string of the molecule is CC(=O)c1cccc(NC(=O)CNc2cccc(Cl)c2F)c1. The van der Waals surface area contributed by atoms with Crippen LogP contribution >= 0.6 is 11.6 Å². The summed E-state index contributed by atoms with van der Waals surface area (Å²) < 4.78 is 13.7. The molecule has 114 valence electrons. The highest BCUT2D eigenvalue weighted by Crippen LogP contribution is 2.21. The Balaban J connectivity index is 1.97. The van der Waals surface area contributed by atoms with E-state index >= 15 is 0 Å². The molecule has 1 amide bonds. The summed E-state index contributed by atoms with van der Waals surface area (Å²) in [5.41, 5.74) is 1.16. The molecule has 6 heteroatoms. The van der Waals surface area contributed by atoms with E-state index in [2.05, 4.69) is 10.6 Å². The van der Waals surface area contributed by atoms with Gasteiger partial charge in [-0.2, -0.15) is 0 Å². The zero-order chi connectivity index (χ0) is 16.1. The average Bonchev–Trinajstić information content (AvgIpc) is 2.49. The number of Topliss-reactive ketones (excluding diaryl/α,β-unsaturated/α-hetero) is 1. The third kappa shape index (κ3) is 4.05. The fourth-order valence-electron chi connectivity index (χ4n) is 1.84. The molecule has 0 aliphatic carbocycles. The van der Waals surface area contributed by atoms with Gasteiger partial charge in [0.05, 0.1) is 17.3 Å². The average molecular weight is 321 g/mol. The normalized spacial score (nSPS) is 10.1. The molecule has 0 aromatic heterocycles. The number of hydrogen-bond donors (Lipinski definition) is 2. The second-order valence-corrected chi connectivity index (χ2v) is 5.05. The number of rotatable bonds is 5. The fraction of sp³-hybridized carbons (Fsp3) is 0.125. The van der Waals surface area contributed by atoms with Gasteiger partial charge in [-0.25, -0.2) is 4.39 Å². The highest BCUT2D eigenvalue weighted by atomic mass is 35.5. The van der Waals surface area contributed by atoms with Crippen molar-refractivity contribution in [2.75, 3.05) is 17.2 Å². The molecule has 2 rings (SSSR count). The lowest BCUT2D eigenvalue weighted by molar-refractivity contribution is -0.114. The quantitative estimate of drug-likeness (QED) is 0.825. The van der Waals surface area contributed by atoms with E-state index in [-0.39, 0.29) is 28.9 Å². The highest BCUT2D eigenvalue weighted by molar-refractivity contribution is 6.31. The Hall–Kier alpha value is -2.40. The molecule has 22 heavy (non-hydrogen) atoms. The smallest absolute Gasteiger partial charge is 0.243 e. The standard InChI is InChI=1S/C16H14ClFN2O2/c1-10(21)11-4-2-5-12(8-11)20-15(22)9-19-14-7-3-6-13(17)16(14)18/h2-8,19H,9H2,1H3,(H,20,22). The van der Waals surface area contributed by atoms with Crippen LogP contribution in [0.25, 0.3) is 0 Å². The molecule has 2 aromatic carbocycles. The first-order chi connectivity index (χ1) is 10.5. The van der Waals surface area contributed by atoms with Crippen LogP contribution in [0, 0.1) is 5.82 Å². The Morgan fingerprint density at radius 2 is 1.91 bits per heavy atom. The molecule has 0 saturated heterocycles. The molecule has 0 aliphatic heterocycles. The lowest BCUT2D eigenvalue weighted by Gasteiger charge is -2.09. The van der Waals surface area contributed by atoms with E-state index < -0.39 is 5.82 Å². The number of hydrogen-bond acceptors (Lipinski definition) is 3. The minimum atomic E-state index is -0.601. The van der Waals surface area contributed by atoms with Gasteiger partial charge in [0, 0.05) is 11.3 Å². The number of carbonyl (C=O) groups excluding carboxylic acids is 2. The van der Waals surface area contributed by atoms with Crippen molar-refractivity contribution in [2.45, 2.75) is 6.92 Å². The molecular formula is C16H14ClFN2O2. The molecule has 0 radical (unpaired) electrons. The number of carbonyl (C=O) groups is 2. The van der Waals surface area contributed by atoms with Crippen molar-refractivity contribution < 1.29 is 14.0 Å². The largest absolute Gasteiger partial charge is 0.374 e. The number of nitrogens with one attached hydrogen (secondary N) is 2. The van der Waals surface area contributed by atoms with Crippen LogP contribution in [-0.2, 0) is 4.79 Å². The van der Waals surface area contributed by atoms with Crippen molar-refractivity contribution in [3.8, 4) is 0 Å². The van der Waals surface area contributed by atoms with E-state index in [0.29, 0.717) is 11.3 Å². The number of anilines is 2. The highest BCUT2D eigenvalue weighted by Gasteiger charge is 2.08. The molecule has 0 spiro atoms. The van der Waals surface area contributed by atoms with Gasteiger partial charge < -0.3 is 10.6 Å². The van der Waals surface area contributed by atoms with E-state index in [1.807, 2.05) is 0 Å². The van der Waals surface area contributed by atoms with Crippen LogP contribution in [0.5, 0.6) is 0 Å². The van der Waals surface area contributed by atoms with Crippen molar-refractivity contribution in [3.05, 3.63) is 58.9 Å². The Morgan fingerprint density at radius 1 is 1.18 bits per heavy atom. The molecule has 0 unspecified atom stereocenters. The van der Waals surface area contributed by atoms with E-state index in [4.69, 9.17) is 11.6 Å². The molecule has 0 bridgehead atoms. The van der Waals surface area contributed by atoms with E-state index in [1.54, 1.807) is 30.3 Å². The topological polar surface area (TPSA) is 58.2 Å². The summed E-state index contributed by atoms with van der Waals surface area (Å²) in [6, 6.07) is 11.1. The molecule has 0 saturated carbocycles. The molecular weight excluding hydrogens is 307 g/mol. The Morgan fingerprint density at radius 3 is 2.64 bits per heavy atom. The van der Waals surface area contributed by atoms with Crippen LogP contribution < -0.4 is 10.6 Å². The van der Waals surface area contributed by atoms with Crippen molar-refractivity contribution >= 4 is 34.7 Å². The maximum absolute atomic E-state index is 13.7. The predicted octanol–water partition coefficient (Wildman–Crippen LogP) is 3.73. The minimum Gasteiger partial charge on any atom is -0.374 e. The number of halogens is 2. The van der Waals surface area contributed by atoms with Crippen molar-refractivity contribution in [1.82, 2.24) is 0 Å². The molecule has 2 N–H and O–H groups in total. The monoisotopic (exact) mass is 320 g/mol. The van der Waals surface area contributed by atoms with Crippen LogP contribution in [0.4, 0.5) is 15.8 Å². The zero-order valence-electron chi connectivity index (χ0n) is 11.8. The van der Waals surface area contributed by atoms with Crippen LogP contribution in [0.15, 0.2) is 42.5 Å². The lowest BCUT2D eigenvalue weighted by Crippen LogP contribution is -2.22. The van der Waals surface area contributed by atoms with E-state index in [1.165, 1.54) is 19.1 Å². The number of ketones is 1. The molecule has 0 atom stereocenters. The van der Waals surface area contributed by atoms with Crippen molar-refractivity contribution in [1.29, 1.82) is 0 Å². The fourth-order valence-corrected chi connectivity index (χ4v) is 2.01. The Kier molecular flexibility index (Phi) is 5.12. The molecule has 0 aliphatic rings. The van der Waals surface area contributed by atoms with Gasteiger partial charge in [0.1, 0.15) is 0 Å². The van der Waals surface area contributed by atoms with E-state index in [9.17, 15) is 14.0 Å². The van der Waals surface area contributed by atoms with Gasteiger partial charge in [-0.1, -0.05) is 29.8 Å². The Labute approximate surface area is 132 Å². The molecule has 0 fully saturated rings. The van der Waals surface area contributed by atoms with Gasteiger partial charge in [0.2, 0.25) is 5.91 Å². The summed E-state index contributed by atoms with van der Waals surface area (Å²) in [5.74, 6) is -1.05. The third-order valence-electron chi connectivity index (χ3n) is 2.94. The summed E-state index contributed by atoms with van der Waals surface area (Å²) in [4.78, 5) is 23.1. The van der Waals surface area contributed by atoms with Gasteiger partial charge in [-0.15, -0.1) is 0 Å². The van der Waals surface area contributed by atoms with E-state index in [0.717, 1.165) is 0 Å². The predicted molar refractivity (Wildman–Crippen MR) is 85.0 cm³/mol. The number of amides is 1. The minimum absolute atomic E-state index is 0.0143. The van der Waals surface area contributed by atoms with Crippen LogP contribution in [0.3, 0.4) is 0 Å². The van der Waals surface area contributed by atoms with Crippen LogP contribution in [0.1, 0.15) is 17.3 Å². The van der Waals surface area contributed by atoms with Gasteiger partial charge in [-0.3, -0.25) is 9.59 Å². The second kappa shape index (κ2) is 7.04. The van der Waals surface area contributed by atoms with Gasteiger partial charge in [-0.05, 0) is 31.2 Å². The maximum Gasteiger partial charge on any atom is 0.243 e. The molecule has 4 nitrogen and oxygen atoms in total. The molecule has 2 aromatic rings. The summed E-state index contributed by atoms with van der Waals surface area (Å²) in [6.07, 6.45) is 0. The lowest BCUT2D eigenvalue weighted by atomic mass is 10.1. The van der Waals surface area contributed by atoms with Gasteiger partial charge >= 0.3 is 0 Å².